The van der Waals surface area contributed by atoms with Gasteiger partial charge in [0.1, 0.15) is 0 Å². The van der Waals surface area contributed by atoms with E-state index in [1.165, 1.54) is 61.6 Å². The summed E-state index contributed by atoms with van der Waals surface area (Å²) < 4.78 is 0. The van der Waals surface area contributed by atoms with Crippen LogP contribution in [0.25, 0.3) is 0 Å². The van der Waals surface area contributed by atoms with Gasteiger partial charge < -0.3 is 15.3 Å². The quantitative estimate of drug-likeness (QED) is 0.201. The maximum absolute atomic E-state index is 11.4. The number of allylic oxidation sites excluding steroid dienone is 4. The zero-order valence-electron chi connectivity index (χ0n) is 25.8. The highest BCUT2D eigenvalue weighted by Gasteiger charge is 2.51. The largest absolute Gasteiger partial charge is 0.393 e. The normalized spacial score (nSPS) is 34.7. The first-order chi connectivity index (χ1) is 19.7. The van der Waals surface area contributed by atoms with E-state index < -0.39 is 18.3 Å². The lowest BCUT2D eigenvalue weighted by Crippen LogP contribution is -2.35. The Morgan fingerprint density at radius 3 is 2.49 bits per heavy atom. The van der Waals surface area contributed by atoms with Crippen LogP contribution in [0.4, 0.5) is 0 Å². The first-order valence-corrected chi connectivity index (χ1v) is 16.6. The average molecular weight is 559 g/mol. The van der Waals surface area contributed by atoms with Gasteiger partial charge in [0, 0.05) is 11.8 Å². The number of hydrogen-bond acceptors (Lipinski definition) is 3. The van der Waals surface area contributed by atoms with Gasteiger partial charge in [-0.3, -0.25) is 0 Å². The molecule has 0 aromatic heterocycles. The number of aliphatic hydroxyl groups excluding tert-OH is 3. The molecule has 0 amide bonds. The van der Waals surface area contributed by atoms with Crippen LogP contribution in [0.2, 0.25) is 0 Å². The Kier molecular flexibility index (Phi) is 9.48. The number of hydrogen-bond donors (Lipinski definition) is 3. The van der Waals surface area contributed by atoms with Crippen molar-refractivity contribution in [1.82, 2.24) is 0 Å². The molecule has 0 unspecified atom stereocenters. The number of rotatable bonds is 10. The lowest BCUT2D eigenvalue weighted by molar-refractivity contribution is 0.0862. The highest BCUT2D eigenvalue weighted by molar-refractivity contribution is 5.39. The first kappa shape index (κ1) is 30.5. The molecule has 0 aliphatic heterocycles. The number of benzene rings is 1. The summed E-state index contributed by atoms with van der Waals surface area (Å²) in [6.45, 7) is 11.2. The second-order valence-electron chi connectivity index (χ2n) is 14.2. The van der Waals surface area contributed by atoms with Crippen LogP contribution >= 0.6 is 0 Å². The van der Waals surface area contributed by atoms with Crippen LogP contribution in [0.1, 0.15) is 109 Å². The van der Waals surface area contributed by atoms with Gasteiger partial charge in [-0.1, -0.05) is 94.3 Å². The molecule has 41 heavy (non-hydrogen) atoms. The van der Waals surface area contributed by atoms with Gasteiger partial charge in [-0.25, -0.2) is 0 Å². The van der Waals surface area contributed by atoms with Crippen LogP contribution in [0.15, 0.2) is 71.9 Å². The van der Waals surface area contributed by atoms with E-state index in [2.05, 4.69) is 75.9 Å². The third-order valence-corrected chi connectivity index (χ3v) is 11.5. The summed E-state index contributed by atoms with van der Waals surface area (Å²) >= 11 is 0. The van der Waals surface area contributed by atoms with Gasteiger partial charge in [-0.2, -0.15) is 0 Å². The molecule has 5 rings (SSSR count). The average Bonchev–Trinajstić information content (AvgIpc) is 3.69. The molecule has 4 aliphatic carbocycles. The summed E-state index contributed by atoms with van der Waals surface area (Å²) in [7, 11) is 0. The Morgan fingerprint density at radius 2 is 1.78 bits per heavy atom. The predicted octanol–water partition coefficient (Wildman–Crippen LogP) is 8.15. The minimum atomic E-state index is -0.636. The summed E-state index contributed by atoms with van der Waals surface area (Å²) in [6.07, 6.45) is 21.4. The Bertz CT molecular complexity index is 1150. The molecule has 1 aromatic carbocycles. The van der Waals surface area contributed by atoms with E-state index in [-0.39, 0.29) is 10.8 Å². The number of aliphatic hydroxyl groups is 3. The summed E-state index contributed by atoms with van der Waals surface area (Å²) in [6, 6.07) is 9.10. The molecule has 0 saturated heterocycles. The zero-order valence-corrected chi connectivity index (χ0v) is 25.8. The van der Waals surface area contributed by atoms with Crippen molar-refractivity contribution < 1.29 is 15.3 Å². The Labute approximate surface area is 249 Å². The summed E-state index contributed by atoms with van der Waals surface area (Å²) in [5.74, 6) is 1.62. The fourth-order valence-electron chi connectivity index (χ4n) is 8.68. The Hall–Kier alpha value is -1.94. The number of fused-ring (bicyclic) bond motifs is 1. The minimum absolute atomic E-state index is 0.0984. The first-order valence-electron chi connectivity index (χ1n) is 16.6. The molecule has 3 nitrogen and oxygen atoms in total. The molecule has 4 fully saturated rings. The van der Waals surface area contributed by atoms with Crippen molar-refractivity contribution in [3.05, 3.63) is 83.0 Å². The zero-order chi connectivity index (χ0) is 29.2. The molecule has 4 aliphatic rings. The number of unbranched alkanes of at least 4 members (excludes halogenated alkanes) is 2. The standard InChI is InChI=1S/C38H54O3/c1-5-6-7-9-28-12-16-31(17-13-28)38(22-23-38)36(41)20-11-26(2)33-18-19-34-29(10-8-21-37(33,34)4)14-15-30-24-32(39)25-35(40)27(30)3/h11-17,20,26,32-36,39-41H,3,5-10,18-19,21-25H2,1-2,4H3/t26-,32-,33-,34+,35+,36+,37-/m1/s1. The summed E-state index contributed by atoms with van der Waals surface area (Å²) in [5, 5.41) is 31.8. The minimum Gasteiger partial charge on any atom is -0.393 e. The molecule has 3 heteroatoms. The predicted molar refractivity (Wildman–Crippen MR) is 170 cm³/mol. The second kappa shape index (κ2) is 12.7. The third kappa shape index (κ3) is 6.38. The van der Waals surface area contributed by atoms with Gasteiger partial charge in [0.2, 0.25) is 0 Å². The van der Waals surface area contributed by atoms with E-state index in [4.69, 9.17) is 0 Å². The van der Waals surface area contributed by atoms with Gasteiger partial charge in [-0.05, 0) is 110 Å². The Balaban J connectivity index is 1.24. The second-order valence-corrected chi connectivity index (χ2v) is 14.2. The highest BCUT2D eigenvalue weighted by Crippen LogP contribution is 2.60. The molecule has 3 N–H and O–H groups in total. The van der Waals surface area contributed by atoms with Crippen LogP contribution in [-0.2, 0) is 11.8 Å². The van der Waals surface area contributed by atoms with Gasteiger partial charge in [0.05, 0.1) is 18.3 Å². The third-order valence-electron chi connectivity index (χ3n) is 11.5. The molecular formula is C38H54O3. The maximum Gasteiger partial charge on any atom is 0.0817 e. The molecular weight excluding hydrogens is 504 g/mol. The molecule has 224 valence electrons. The van der Waals surface area contributed by atoms with Crippen molar-refractivity contribution in [3.63, 3.8) is 0 Å². The Morgan fingerprint density at radius 1 is 1.02 bits per heavy atom. The van der Waals surface area contributed by atoms with Crippen LogP contribution in [-0.4, -0.2) is 33.6 Å². The molecule has 1 aromatic rings. The lowest BCUT2D eigenvalue weighted by atomic mass is 9.61. The van der Waals surface area contributed by atoms with E-state index in [0.29, 0.717) is 30.6 Å². The van der Waals surface area contributed by atoms with Crippen molar-refractivity contribution in [3.8, 4) is 0 Å². The molecule has 0 radical (unpaired) electrons. The summed E-state index contributed by atoms with van der Waals surface area (Å²) in [5.41, 5.74) is 6.17. The van der Waals surface area contributed by atoms with Gasteiger partial charge in [0.15, 0.2) is 0 Å². The topological polar surface area (TPSA) is 60.7 Å². The van der Waals surface area contributed by atoms with Crippen LogP contribution in [0.5, 0.6) is 0 Å². The molecule has 0 bridgehead atoms. The van der Waals surface area contributed by atoms with Gasteiger partial charge in [0.25, 0.3) is 0 Å². The summed E-state index contributed by atoms with van der Waals surface area (Å²) in [4.78, 5) is 0. The van der Waals surface area contributed by atoms with Crippen molar-refractivity contribution in [2.24, 2.45) is 23.2 Å². The van der Waals surface area contributed by atoms with Gasteiger partial charge in [-0.15, -0.1) is 0 Å². The van der Waals surface area contributed by atoms with Crippen LogP contribution < -0.4 is 0 Å². The molecule has 4 saturated carbocycles. The van der Waals surface area contributed by atoms with Gasteiger partial charge >= 0.3 is 0 Å². The van der Waals surface area contributed by atoms with Crippen molar-refractivity contribution in [2.75, 3.05) is 0 Å². The monoisotopic (exact) mass is 558 g/mol. The molecule has 7 atom stereocenters. The highest BCUT2D eigenvalue weighted by atomic mass is 16.3. The smallest absolute Gasteiger partial charge is 0.0817 e. The van der Waals surface area contributed by atoms with Crippen molar-refractivity contribution in [1.29, 1.82) is 0 Å². The fraction of sp³-hybridized carbons (Fsp3) is 0.632. The van der Waals surface area contributed by atoms with E-state index in [0.717, 1.165) is 36.8 Å². The van der Waals surface area contributed by atoms with E-state index in [9.17, 15) is 15.3 Å². The van der Waals surface area contributed by atoms with E-state index in [1.807, 2.05) is 0 Å². The van der Waals surface area contributed by atoms with Crippen molar-refractivity contribution >= 4 is 0 Å². The lowest BCUT2D eigenvalue weighted by Gasteiger charge is -2.44. The molecule has 0 heterocycles. The van der Waals surface area contributed by atoms with Crippen LogP contribution in [0.3, 0.4) is 0 Å². The molecule has 0 spiro atoms. The van der Waals surface area contributed by atoms with E-state index >= 15 is 0 Å². The maximum atomic E-state index is 11.4. The SMILES string of the molecule is C=C1C(=CC=C2CCC[C@]3(C)[C@@H]([C@H](C)C=C[C@H](O)C4(c5ccc(CCCCC)cc5)CC4)CC[C@@H]23)C[C@@H](O)C[C@@H]1O. The number of aryl methyl sites for hydroxylation is 1. The van der Waals surface area contributed by atoms with E-state index in [1.54, 1.807) is 0 Å². The van der Waals surface area contributed by atoms with Crippen molar-refractivity contribution in [2.45, 2.75) is 128 Å². The fourth-order valence-corrected chi connectivity index (χ4v) is 8.68. The van der Waals surface area contributed by atoms with Crippen LogP contribution in [0, 0.1) is 23.2 Å².